The van der Waals surface area contributed by atoms with Crippen LogP contribution in [0.15, 0.2) is 84.9 Å². The van der Waals surface area contributed by atoms with Crippen LogP contribution in [0.2, 0.25) is 0 Å². The van der Waals surface area contributed by atoms with Crippen molar-refractivity contribution in [2.75, 3.05) is 0 Å². The van der Waals surface area contributed by atoms with Crippen molar-refractivity contribution in [1.29, 1.82) is 0 Å². The molecule has 0 saturated carbocycles. The van der Waals surface area contributed by atoms with Gasteiger partial charge in [-0.2, -0.15) is 13.2 Å². The number of aromatic nitrogens is 3. The first-order chi connectivity index (χ1) is 19.5. The van der Waals surface area contributed by atoms with Crippen LogP contribution in [0.1, 0.15) is 50.4 Å². The number of carboxylic acid groups (broad SMARTS) is 1. The van der Waals surface area contributed by atoms with Crippen molar-refractivity contribution >= 4 is 22.9 Å². The number of nitrogens with zero attached hydrogens (tertiary/aromatic N) is 3. The first kappa shape index (κ1) is 27.5. The highest BCUT2D eigenvalue weighted by atomic mass is 19.4. The van der Waals surface area contributed by atoms with E-state index in [4.69, 9.17) is 5.11 Å². The molecule has 11 heteroatoms. The Morgan fingerprint density at radius 2 is 1.59 bits per heavy atom. The van der Waals surface area contributed by atoms with Crippen LogP contribution in [-0.2, 0) is 12.7 Å². The minimum absolute atomic E-state index is 0.0526. The molecule has 0 fully saturated rings. The van der Waals surface area contributed by atoms with Gasteiger partial charge in [0.25, 0.3) is 5.91 Å². The molecule has 0 spiro atoms. The molecule has 5 aromatic rings. The fraction of sp³-hybridized carbons (Fsp3) is 0.133. The number of hydrogen-bond donors (Lipinski definition) is 2. The van der Waals surface area contributed by atoms with E-state index in [1.165, 1.54) is 41.1 Å². The molecule has 208 valence electrons. The number of rotatable bonds is 7. The Kier molecular flexibility index (Phi) is 7.27. The van der Waals surface area contributed by atoms with E-state index in [9.17, 15) is 27.2 Å². The van der Waals surface area contributed by atoms with Crippen molar-refractivity contribution in [3.63, 3.8) is 0 Å². The van der Waals surface area contributed by atoms with E-state index in [2.05, 4.69) is 15.6 Å². The summed E-state index contributed by atoms with van der Waals surface area (Å²) in [4.78, 5) is 24.8. The molecule has 4 aromatic carbocycles. The number of nitrogens with one attached hydrogen (secondary N) is 1. The van der Waals surface area contributed by atoms with E-state index in [0.29, 0.717) is 33.3 Å². The lowest BCUT2D eigenvalue weighted by Crippen LogP contribution is -2.27. The van der Waals surface area contributed by atoms with Gasteiger partial charge in [0.1, 0.15) is 16.9 Å². The smallest absolute Gasteiger partial charge is 0.416 e. The number of fused-ring (bicyclic) bond motifs is 1. The van der Waals surface area contributed by atoms with Gasteiger partial charge in [0.05, 0.1) is 29.3 Å². The summed E-state index contributed by atoms with van der Waals surface area (Å²) in [7, 11) is 0. The van der Waals surface area contributed by atoms with Gasteiger partial charge in [0.15, 0.2) is 0 Å². The van der Waals surface area contributed by atoms with Gasteiger partial charge in [0, 0.05) is 0 Å². The van der Waals surface area contributed by atoms with E-state index in [1.807, 2.05) is 0 Å². The van der Waals surface area contributed by atoms with Gasteiger partial charge in [-0.3, -0.25) is 4.79 Å². The molecular weight excluding hydrogens is 540 g/mol. The van der Waals surface area contributed by atoms with Crippen molar-refractivity contribution in [2.45, 2.75) is 25.7 Å². The average molecular weight is 563 g/mol. The summed E-state index contributed by atoms with van der Waals surface area (Å²) in [5.74, 6) is -1.97. The molecule has 0 saturated heterocycles. The molecule has 2 N–H and O–H groups in total. The van der Waals surface area contributed by atoms with E-state index in [0.717, 1.165) is 12.1 Å². The Labute approximate surface area is 231 Å². The quantitative estimate of drug-likeness (QED) is 0.221. The van der Waals surface area contributed by atoms with Crippen LogP contribution in [0, 0.1) is 5.82 Å². The predicted molar refractivity (Wildman–Crippen MR) is 143 cm³/mol. The summed E-state index contributed by atoms with van der Waals surface area (Å²) in [6.07, 6.45) is -4.47. The van der Waals surface area contributed by atoms with E-state index in [1.54, 1.807) is 43.3 Å². The molecule has 1 atom stereocenters. The summed E-state index contributed by atoms with van der Waals surface area (Å²) in [6, 6.07) is 19.3. The molecule has 1 heterocycles. The first-order valence-electron chi connectivity index (χ1n) is 12.4. The highest BCUT2D eigenvalue weighted by Crippen LogP contribution is 2.31. The van der Waals surface area contributed by atoms with Crippen molar-refractivity contribution < 1.29 is 32.3 Å². The standard InChI is InChI=1S/C30H22F4N4O3/c1-17(19-4-6-21(7-5-19)29(40)41)35-28(39)25-14-22(20-8-12-24(31)13-9-20)15-26-27(25)38(37-36-26)16-18-2-10-23(11-3-18)30(32,33)34/h2-15,17H,16H2,1H3,(H,35,39)(H,40,41)/t17-/m0/s1. The molecular formula is C30H22F4N4O3. The molecule has 1 aromatic heterocycles. The molecule has 5 rings (SSSR count). The van der Waals surface area contributed by atoms with E-state index in [-0.39, 0.29) is 17.7 Å². The lowest BCUT2D eigenvalue weighted by molar-refractivity contribution is -0.137. The molecule has 7 nitrogen and oxygen atoms in total. The van der Waals surface area contributed by atoms with Crippen molar-refractivity contribution in [3.05, 3.63) is 119 Å². The Bertz CT molecular complexity index is 1730. The molecule has 1 amide bonds. The van der Waals surface area contributed by atoms with Gasteiger partial charge < -0.3 is 10.4 Å². The number of amides is 1. The van der Waals surface area contributed by atoms with Crippen LogP contribution in [0.25, 0.3) is 22.2 Å². The van der Waals surface area contributed by atoms with Crippen molar-refractivity contribution in [1.82, 2.24) is 20.3 Å². The second kappa shape index (κ2) is 10.8. The minimum atomic E-state index is -4.47. The fourth-order valence-corrected chi connectivity index (χ4v) is 4.45. The maximum absolute atomic E-state index is 13.7. The Hall–Kier alpha value is -5.06. The third-order valence-electron chi connectivity index (χ3n) is 6.65. The second-order valence-corrected chi connectivity index (χ2v) is 9.46. The first-order valence-corrected chi connectivity index (χ1v) is 12.4. The normalized spacial score (nSPS) is 12.3. The number of benzene rings is 4. The predicted octanol–water partition coefficient (Wildman–Crippen LogP) is 6.49. The van der Waals surface area contributed by atoms with Gasteiger partial charge in [0.2, 0.25) is 0 Å². The monoisotopic (exact) mass is 562 g/mol. The summed E-state index contributed by atoms with van der Waals surface area (Å²) in [6.45, 7) is 1.80. The molecule has 0 bridgehead atoms. The molecule has 0 aliphatic carbocycles. The maximum Gasteiger partial charge on any atom is 0.416 e. The minimum Gasteiger partial charge on any atom is -0.478 e. The largest absolute Gasteiger partial charge is 0.478 e. The number of carbonyl (C=O) groups excluding carboxylic acids is 1. The number of carboxylic acids is 1. The number of hydrogen-bond acceptors (Lipinski definition) is 4. The summed E-state index contributed by atoms with van der Waals surface area (Å²) < 4.78 is 54.0. The van der Waals surface area contributed by atoms with Crippen LogP contribution in [0.5, 0.6) is 0 Å². The van der Waals surface area contributed by atoms with E-state index < -0.39 is 35.5 Å². The van der Waals surface area contributed by atoms with Gasteiger partial charge in [-0.15, -0.1) is 5.10 Å². The Balaban J connectivity index is 1.52. The molecule has 0 radical (unpaired) electrons. The van der Waals surface area contributed by atoms with Crippen LogP contribution >= 0.6 is 0 Å². The number of alkyl halides is 3. The summed E-state index contributed by atoms with van der Waals surface area (Å²) in [5, 5.41) is 20.4. The molecule has 0 unspecified atom stereocenters. The van der Waals surface area contributed by atoms with Gasteiger partial charge >= 0.3 is 12.1 Å². The van der Waals surface area contributed by atoms with Gasteiger partial charge in [-0.25, -0.2) is 13.9 Å². The third kappa shape index (κ3) is 5.93. The average Bonchev–Trinajstić information content (AvgIpc) is 3.35. The highest BCUT2D eigenvalue weighted by Gasteiger charge is 2.30. The Morgan fingerprint density at radius 3 is 2.20 bits per heavy atom. The van der Waals surface area contributed by atoms with Gasteiger partial charge in [-0.05, 0) is 77.7 Å². The zero-order valence-corrected chi connectivity index (χ0v) is 21.5. The second-order valence-electron chi connectivity index (χ2n) is 9.46. The number of carbonyl (C=O) groups is 2. The topological polar surface area (TPSA) is 97.1 Å². The highest BCUT2D eigenvalue weighted by molar-refractivity contribution is 6.06. The third-order valence-corrected chi connectivity index (χ3v) is 6.65. The van der Waals surface area contributed by atoms with Crippen LogP contribution in [0.4, 0.5) is 17.6 Å². The zero-order chi connectivity index (χ0) is 29.3. The molecule has 41 heavy (non-hydrogen) atoms. The van der Waals surface area contributed by atoms with E-state index >= 15 is 0 Å². The van der Waals surface area contributed by atoms with Crippen LogP contribution in [-0.4, -0.2) is 32.0 Å². The lowest BCUT2D eigenvalue weighted by atomic mass is 10.00. The Morgan fingerprint density at radius 1 is 0.927 bits per heavy atom. The molecule has 0 aliphatic rings. The SMILES string of the molecule is C[C@H](NC(=O)c1cc(-c2ccc(F)cc2)cc2nnn(Cc3ccc(C(F)(F)F)cc3)c12)c1ccc(C(=O)O)cc1. The lowest BCUT2D eigenvalue weighted by Gasteiger charge is -2.16. The zero-order valence-electron chi connectivity index (χ0n) is 21.5. The van der Waals surface area contributed by atoms with Crippen molar-refractivity contribution in [2.24, 2.45) is 0 Å². The maximum atomic E-state index is 13.7. The van der Waals surface area contributed by atoms with Gasteiger partial charge in [-0.1, -0.05) is 41.6 Å². The molecule has 0 aliphatic heterocycles. The number of aromatic carboxylic acids is 1. The fourth-order valence-electron chi connectivity index (χ4n) is 4.45. The summed E-state index contributed by atoms with van der Waals surface area (Å²) in [5.41, 5.74) is 2.67. The van der Waals surface area contributed by atoms with Crippen LogP contribution in [0.3, 0.4) is 0 Å². The van der Waals surface area contributed by atoms with Crippen LogP contribution < -0.4 is 5.32 Å². The van der Waals surface area contributed by atoms with Crippen molar-refractivity contribution in [3.8, 4) is 11.1 Å². The summed E-state index contributed by atoms with van der Waals surface area (Å²) >= 11 is 0. The number of halogens is 4.